The Morgan fingerprint density at radius 1 is 0.385 bits per heavy atom. The van der Waals surface area contributed by atoms with E-state index in [1.165, 1.54) is 33.4 Å². The van der Waals surface area contributed by atoms with Crippen molar-refractivity contribution in [2.45, 2.75) is 5.41 Å². The van der Waals surface area contributed by atoms with Crippen molar-refractivity contribution in [3.63, 3.8) is 0 Å². The molecule has 52 heavy (non-hydrogen) atoms. The van der Waals surface area contributed by atoms with Gasteiger partial charge in [0.1, 0.15) is 22.7 Å². The van der Waals surface area contributed by atoms with Crippen LogP contribution in [0.3, 0.4) is 0 Å². The molecular formula is C49H31NO2. The Kier molecular flexibility index (Phi) is 6.17. The molecule has 2 heterocycles. The first kappa shape index (κ1) is 28.9. The molecule has 8 aromatic carbocycles. The summed E-state index contributed by atoms with van der Waals surface area (Å²) in [5.74, 6) is 1.77. The molecule has 0 saturated heterocycles. The lowest BCUT2D eigenvalue weighted by molar-refractivity contribution is 0.436. The van der Waals surface area contributed by atoms with Crippen LogP contribution in [0.5, 0.6) is 11.5 Å². The van der Waals surface area contributed by atoms with Crippen molar-refractivity contribution >= 4 is 39.0 Å². The lowest BCUT2D eigenvalue weighted by Crippen LogP contribution is -2.32. The molecule has 3 nitrogen and oxygen atoms in total. The van der Waals surface area contributed by atoms with Crippen molar-refractivity contribution in [1.82, 2.24) is 0 Å². The summed E-state index contributed by atoms with van der Waals surface area (Å²) in [5, 5.41) is 2.21. The summed E-state index contributed by atoms with van der Waals surface area (Å²) in [5.41, 5.74) is 14.0. The molecule has 1 spiro atoms. The zero-order chi connectivity index (χ0) is 34.2. The second-order valence-electron chi connectivity index (χ2n) is 13.6. The molecule has 0 N–H and O–H groups in total. The van der Waals surface area contributed by atoms with Gasteiger partial charge in [-0.1, -0.05) is 133 Å². The largest absolute Gasteiger partial charge is 0.457 e. The van der Waals surface area contributed by atoms with Crippen molar-refractivity contribution in [3.8, 4) is 33.8 Å². The SMILES string of the molecule is c1ccc(-c2ccc(N(c3ccccc3)c3cccc4oc5ccc6c(c5c34)-c3ccccc3C63c4ccccc4Oc4ccccc43)cc2)cc1. The van der Waals surface area contributed by atoms with E-state index >= 15 is 0 Å². The van der Waals surface area contributed by atoms with Crippen LogP contribution in [0.25, 0.3) is 44.2 Å². The Hall–Kier alpha value is -6.84. The molecule has 0 bridgehead atoms. The minimum atomic E-state index is -0.559. The van der Waals surface area contributed by atoms with Gasteiger partial charge in [-0.2, -0.15) is 0 Å². The van der Waals surface area contributed by atoms with Gasteiger partial charge in [0, 0.05) is 27.9 Å². The fourth-order valence-electron chi connectivity index (χ4n) is 8.86. The molecule has 0 unspecified atom stereocenters. The molecule has 2 aliphatic rings. The van der Waals surface area contributed by atoms with Gasteiger partial charge < -0.3 is 14.1 Å². The Balaban J connectivity index is 1.22. The highest BCUT2D eigenvalue weighted by atomic mass is 16.5. The van der Waals surface area contributed by atoms with Crippen LogP contribution in [-0.4, -0.2) is 0 Å². The molecule has 0 fully saturated rings. The van der Waals surface area contributed by atoms with Gasteiger partial charge in [-0.3, -0.25) is 0 Å². The van der Waals surface area contributed by atoms with Gasteiger partial charge in [-0.25, -0.2) is 0 Å². The Bertz CT molecular complexity index is 2770. The molecule has 1 aliphatic heterocycles. The number of rotatable bonds is 4. The van der Waals surface area contributed by atoms with Crippen molar-refractivity contribution in [2.24, 2.45) is 0 Å². The molecule has 0 radical (unpaired) electrons. The molecule has 9 aromatic rings. The van der Waals surface area contributed by atoms with Crippen LogP contribution in [0.15, 0.2) is 192 Å². The van der Waals surface area contributed by atoms with Gasteiger partial charge >= 0.3 is 0 Å². The summed E-state index contributed by atoms with van der Waals surface area (Å²) in [7, 11) is 0. The molecular weight excluding hydrogens is 635 g/mol. The summed E-state index contributed by atoms with van der Waals surface area (Å²) < 4.78 is 13.4. The number of ether oxygens (including phenoxy) is 1. The number of benzene rings is 8. The number of fused-ring (bicyclic) bond motifs is 13. The summed E-state index contributed by atoms with van der Waals surface area (Å²) >= 11 is 0. The van der Waals surface area contributed by atoms with Crippen LogP contribution in [-0.2, 0) is 5.41 Å². The van der Waals surface area contributed by atoms with E-state index < -0.39 is 5.41 Å². The molecule has 1 aliphatic carbocycles. The third kappa shape index (κ3) is 3.96. The average Bonchev–Trinajstić information content (AvgIpc) is 3.74. The molecule has 11 rings (SSSR count). The fourth-order valence-corrected chi connectivity index (χ4v) is 8.86. The maximum Gasteiger partial charge on any atom is 0.137 e. The molecule has 244 valence electrons. The first-order chi connectivity index (χ1) is 25.8. The smallest absolute Gasteiger partial charge is 0.137 e. The van der Waals surface area contributed by atoms with Crippen LogP contribution in [0, 0.1) is 0 Å². The highest BCUT2D eigenvalue weighted by Crippen LogP contribution is 2.64. The predicted octanol–water partition coefficient (Wildman–Crippen LogP) is 13.2. The lowest BCUT2D eigenvalue weighted by Gasteiger charge is -2.39. The Labute approximate surface area is 301 Å². The Morgan fingerprint density at radius 3 is 1.69 bits per heavy atom. The molecule has 1 aromatic heterocycles. The topological polar surface area (TPSA) is 25.6 Å². The standard InChI is InChI=1S/C49H31NO2/c1-3-14-32(15-4-1)33-26-28-35(29-27-33)50(34-16-5-2-6-17-34)41-22-13-25-44-47(41)48-45(52-44)31-30-40-46(48)36-18-7-8-19-37(36)49(40)38-20-9-11-23-42(38)51-43-24-12-10-21-39(43)49/h1-31H. The first-order valence-electron chi connectivity index (χ1n) is 17.8. The van der Waals surface area contributed by atoms with Gasteiger partial charge in [-0.15, -0.1) is 0 Å². The number of furan rings is 1. The Morgan fingerprint density at radius 2 is 0.962 bits per heavy atom. The second-order valence-corrected chi connectivity index (χ2v) is 13.6. The van der Waals surface area contributed by atoms with Gasteiger partial charge in [0.25, 0.3) is 0 Å². The first-order valence-corrected chi connectivity index (χ1v) is 17.8. The lowest BCUT2D eigenvalue weighted by atomic mass is 9.66. The minimum Gasteiger partial charge on any atom is -0.457 e. The third-order valence-electron chi connectivity index (χ3n) is 10.9. The van der Waals surface area contributed by atoms with Crippen molar-refractivity contribution in [1.29, 1.82) is 0 Å². The zero-order valence-electron chi connectivity index (χ0n) is 28.2. The number of nitrogens with zero attached hydrogens (tertiary/aromatic N) is 1. The number of hydrogen-bond donors (Lipinski definition) is 0. The van der Waals surface area contributed by atoms with E-state index in [-0.39, 0.29) is 0 Å². The van der Waals surface area contributed by atoms with Crippen molar-refractivity contribution in [2.75, 3.05) is 4.90 Å². The van der Waals surface area contributed by atoms with Crippen LogP contribution < -0.4 is 9.64 Å². The molecule has 0 atom stereocenters. The van der Waals surface area contributed by atoms with E-state index in [0.717, 1.165) is 61.6 Å². The van der Waals surface area contributed by atoms with Gasteiger partial charge in [0.2, 0.25) is 0 Å². The van der Waals surface area contributed by atoms with Crippen LogP contribution >= 0.6 is 0 Å². The normalized spacial score (nSPS) is 13.3. The predicted molar refractivity (Wildman–Crippen MR) is 211 cm³/mol. The average molecular weight is 666 g/mol. The van der Waals surface area contributed by atoms with Gasteiger partial charge in [-0.05, 0) is 88.0 Å². The van der Waals surface area contributed by atoms with Crippen molar-refractivity contribution in [3.05, 3.63) is 210 Å². The highest BCUT2D eigenvalue weighted by Gasteiger charge is 2.51. The summed E-state index contributed by atoms with van der Waals surface area (Å²) in [6.45, 7) is 0. The van der Waals surface area contributed by atoms with Crippen LogP contribution in [0.1, 0.15) is 22.3 Å². The quantitative estimate of drug-likeness (QED) is 0.187. The van der Waals surface area contributed by atoms with Gasteiger partial charge in [0.15, 0.2) is 0 Å². The summed E-state index contributed by atoms with van der Waals surface area (Å²) in [6, 6.07) is 66.9. The maximum atomic E-state index is 6.80. The monoisotopic (exact) mass is 665 g/mol. The van der Waals surface area contributed by atoms with Gasteiger partial charge in [0.05, 0.1) is 16.5 Å². The van der Waals surface area contributed by atoms with E-state index in [0.29, 0.717) is 0 Å². The minimum absolute atomic E-state index is 0.559. The van der Waals surface area contributed by atoms with E-state index in [2.05, 4.69) is 193 Å². The summed E-state index contributed by atoms with van der Waals surface area (Å²) in [6.07, 6.45) is 0. The zero-order valence-corrected chi connectivity index (χ0v) is 28.2. The number of para-hydroxylation sites is 3. The van der Waals surface area contributed by atoms with E-state index in [1.807, 2.05) is 0 Å². The fraction of sp³-hybridized carbons (Fsp3) is 0.0204. The number of hydrogen-bond acceptors (Lipinski definition) is 3. The molecule has 0 saturated carbocycles. The van der Waals surface area contributed by atoms with E-state index in [1.54, 1.807) is 0 Å². The number of anilines is 3. The molecule has 3 heteroatoms. The molecule has 0 amide bonds. The summed E-state index contributed by atoms with van der Waals surface area (Å²) in [4.78, 5) is 2.36. The van der Waals surface area contributed by atoms with Crippen molar-refractivity contribution < 1.29 is 9.15 Å². The third-order valence-corrected chi connectivity index (χ3v) is 10.9. The second kappa shape index (κ2) is 11.1. The van der Waals surface area contributed by atoms with Crippen LogP contribution in [0.2, 0.25) is 0 Å². The maximum absolute atomic E-state index is 6.80. The van der Waals surface area contributed by atoms with E-state index in [4.69, 9.17) is 9.15 Å². The van der Waals surface area contributed by atoms with Crippen LogP contribution in [0.4, 0.5) is 17.1 Å². The highest BCUT2D eigenvalue weighted by molar-refractivity contribution is 6.20. The van der Waals surface area contributed by atoms with E-state index in [9.17, 15) is 0 Å².